The van der Waals surface area contributed by atoms with Crippen molar-refractivity contribution in [1.82, 2.24) is 15.3 Å². The highest BCUT2D eigenvalue weighted by Gasteiger charge is 2.06. The van der Waals surface area contributed by atoms with Gasteiger partial charge in [-0.2, -0.15) is 0 Å². The van der Waals surface area contributed by atoms with Gasteiger partial charge < -0.3 is 5.32 Å². The van der Waals surface area contributed by atoms with Crippen LogP contribution in [-0.4, -0.2) is 17.0 Å². The van der Waals surface area contributed by atoms with Crippen molar-refractivity contribution in [2.75, 3.05) is 7.05 Å². The summed E-state index contributed by atoms with van der Waals surface area (Å²) in [5.74, 6) is 0.992. The van der Waals surface area contributed by atoms with Crippen LogP contribution in [0, 0.1) is 13.8 Å². The molecule has 0 radical (unpaired) electrons. The molecule has 1 aromatic heterocycles. The van der Waals surface area contributed by atoms with Crippen LogP contribution in [0.5, 0.6) is 0 Å². The second-order valence-corrected chi connectivity index (χ2v) is 3.92. The fourth-order valence-electron chi connectivity index (χ4n) is 1.69. The van der Waals surface area contributed by atoms with Crippen molar-refractivity contribution in [2.45, 2.75) is 46.6 Å². The zero-order valence-corrected chi connectivity index (χ0v) is 10.2. The lowest BCUT2D eigenvalue weighted by Crippen LogP contribution is -2.12. The Morgan fingerprint density at radius 2 is 1.73 bits per heavy atom. The second-order valence-electron chi connectivity index (χ2n) is 3.92. The van der Waals surface area contributed by atoms with Gasteiger partial charge in [0.2, 0.25) is 0 Å². The summed E-state index contributed by atoms with van der Waals surface area (Å²) < 4.78 is 0. The molecule has 1 rings (SSSR count). The standard InChI is InChI=1S/C12H21N3/c1-5-6-7-12-14-9(2)11(8-13-4)10(3)15-12/h13H,5-8H2,1-4H3. The predicted octanol–water partition coefficient (Wildman–Crippen LogP) is 2.16. The minimum absolute atomic E-state index is 0.853. The van der Waals surface area contributed by atoms with Crippen LogP contribution in [0.25, 0.3) is 0 Å². The molecule has 0 aliphatic carbocycles. The van der Waals surface area contributed by atoms with E-state index >= 15 is 0 Å². The largest absolute Gasteiger partial charge is 0.316 e. The van der Waals surface area contributed by atoms with Crippen molar-refractivity contribution in [2.24, 2.45) is 0 Å². The normalized spacial score (nSPS) is 10.7. The summed E-state index contributed by atoms with van der Waals surface area (Å²) >= 11 is 0. The van der Waals surface area contributed by atoms with Gasteiger partial charge in [-0.1, -0.05) is 13.3 Å². The van der Waals surface area contributed by atoms with Crippen molar-refractivity contribution in [3.05, 3.63) is 22.8 Å². The lowest BCUT2D eigenvalue weighted by Gasteiger charge is -2.10. The highest BCUT2D eigenvalue weighted by molar-refractivity contribution is 5.24. The fourth-order valence-corrected chi connectivity index (χ4v) is 1.69. The first kappa shape index (κ1) is 12.1. The minimum Gasteiger partial charge on any atom is -0.316 e. The van der Waals surface area contributed by atoms with Gasteiger partial charge in [0.25, 0.3) is 0 Å². The maximum atomic E-state index is 4.54. The number of aryl methyl sites for hydroxylation is 3. The number of hydrogen-bond acceptors (Lipinski definition) is 3. The van der Waals surface area contributed by atoms with Gasteiger partial charge in [-0.15, -0.1) is 0 Å². The molecule has 0 unspecified atom stereocenters. The summed E-state index contributed by atoms with van der Waals surface area (Å²) in [7, 11) is 1.95. The van der Waals surface area contributed by atoms with Crippen molar-refractivity contribution in [3.63, 3.8) is 0 Å². The monoisotopic (exact) mass is 207 g/mol. The van der Waals surface area contributed by atoms with Gasteiger partial charge in [-0.25, -0.2) is 9.97 Å². The number of aromatic nitrogens is 2. The Hall–Kier alpha value is -0.960. The molecule has 0 atom stereocenters. The van der Waals surface area contributed by atoms with Gasteiger partial charge in [-0.05, 0) is 27.3 Å². The summed E-state index contributed by atoms with van der Waals surface area (Å²) in [6, 6.07) is 0. The fraction of sp³-hybridized carbons (Fsp3) is 0.667. The number of unbranched alkanes of at least 4 members (excludes halogenated alkanes) is 1. The highest BCUT2D eigenvalue weighted by Crippen LogP contribution is 2.11. The number of hydrogen-bond donors (Lipinski definition) is 1. The number of nitrogens with one attached hydrogen (secondary N) is 1. The Kier molecular flexibility index (Phi) is 4.69. The molecular formula is C12H21N3. The molecule has 3 heteroatoms. The van der Waals surface area contributed by atoms with Crippen LogP contribution in [0.2, 0.25) is 0 Å². The molecule has 0 amide bonds. The second kappa shape index (κ2) is 5.81. The van der Waals surface area contributed by atoms with Crippen LogP contribution < -0.4 is 5.32 Å². The van der Waals surface area contributed by atoms with Crippen LogP contribution in [0.3, 0.4) is 0 Å². The first-order valence-electron chi connectivity index (χ1n) is 5.66. The van der Waals surface area contributed by atoms with Crippen LogP contribution >= 0.6 is 0 Å². The zero-order chi connectivity index (χ0) is 11.3. The van der Waals surface area contributed by atoms with E-state index in [0.29, 0.717) is 0 Å². The van der Waals surface area contributed by atoms with Gasteiger partial charge >= 0.3 is 0 Å². The van der Waals surface area contributed by atoms with Crippen molar-refractivity contribution >= 4 is 0 Å². The summed E-state index contributed by atoms with van der Waals surface area (Å²) in [5, 5.41) is 3.15. The van der Waals surface area contributed by atoms with Crippen LogP contribution in [0.1, 0.15) is 42.5 Å². The topological polar surface area (TPSA) is 37.8 Å². The molecule has 15 heavy (non-hydrogen) atoms. The van der Waals surface area contributed by atoms with E-state index in [1.54, 1.807) is 0 Å². The number of rotatable bonds is 5. The van der Waals surface area contributed by atoms with E-state index in [0.717, 1.165) is 30.2 Å². The van der Waals surface area contributed by atoms with Crippen molar-refractivity contribution in [3.8, 4) is 0 Å². The molecule has 0 saturated carbocycles. The zero-order valence-electron chi connectivity index (χ0n) is 10.2. The average molecular weight is 207 g/mol. The smallest absolute Gasteiger partial charge is 0.128 e. The maximum Gasteiger partial charge on any atom is 0.128 e. The Morgan fingerprint density at radius 3 is 2.20 bits per heavy atom. The molecule has 1 aromatic rings. The number of nitrogens with zero attached hydrogens (tertiary/aromatic N) is 2. The van der Waals surface area contributed by atoms with Gasteiger partial charge in [0.15, 0.2) is 0 Å². The third-order valence-corrected chi connectivity index (χ3v) is 2.57. The molecule has 0 fully saturated rings. The Bertz CT molecular complexity index is 298. The van der Waals surface area contributed by atoms with E-state index in [1.807, 2.05) is 7.05 Å². The van der Waals surface area contributed by atoms with Crippen molar-refractivity contribution < 1.29 is 0 Å². The highest BCUT2D eigenvalue weighted by atomic mass is 14.9. The summed E-state index contributed by atoms with van der Waals surface area (Å²) in [6.07, 6.45) is 3.36. The Labute approximate surface area is 92.3 Å². The van der Waals surface area contributed by atoms with Crippen LogP contribution in [0.15, 0.2) is 0 Å². The first-order chi connectivity index (χ1) is 7.19. The molecule has 0 saturated heterocycles. The third kappa shape index (κ3) is 3.27. The average Bonchev–Trinajstić information content (AvgIpc) is 2.20. The minimum atomic E-state index is 0.853. The van der Waals surface area contributed by atoms with Gasteiger partial charge in [0, 0.05) is 29.9 Å². The maximum absolute atomic E-state index is 4.54. The lowest BCUT2D eigenvalue weighted by atomic mass is 10.1. The van der Waals surface area contributed by atoms with Gasteiger partial charge in [-0.3, -0.25) is 0 Å². The quantitative estimate of drug-likeness (QED) is 0.804. The van der Waals surface area contributed by atoms with Gasteiger partial charge in [0.05, 0.1) is 0 Å². The molecule has 0 spiro atoms. The summed E-state index contributed by atoms with van der Waals surface area (Å²) in [4.78, 5) is 9.08. The van der Waals surface area contributed by atoms with Crippen LogP contribution in [-0.2, 0) is 13.0 Å². The SMILES string of the molecule is CCCCc1nc(C)c(CNC)c(C)n1. The molecule has 3 nitrogen and oxygen atoms in total. The Balaban J connectivity index is 2.87. The summed E-state index contributed by atoms with van der Waals surface area (Å²) in [6.45, 7) is 7.18. The summed E-state index contributed by atoms with van der Waals surface area (Å²) in [5.41, 5.74) is 3.46. The van der Waals surface area contributed by atoms with E-state index < -0.39 is 0 Å². The van der Waals surface area contributed by atoms with Gasteiger partial charge in [0.1, 0.15) is 5.82 Å². The molecular weight excluding hydrogens is 186 g/mol. The molecule has 84 valence electrons. The van der Waals surface area contributed by atoms with E-state index in [4.69, 9.17) is 0 Å². The van der Waals surface area contributed by atoms with E-state index in [1.165, 1.54) is 18.4 Å². The Morgan fingerprint density at radius 1 is 1.13 bits per heavy atom. The molecule has 0 aromatic carbocycles. The van der Waals surface area contributed by atoms with E-state index in [2.05, 4.69) is 36.1 Å². The van der Waals surface area contributed by atoms with E-state index in [9.17, 15) is 0 Å². The first-order valence-corrected chi connectivity index (χ1v) is 5.66. The molecule has 1 N–H and O–H groups in total. The lowest BCUT2D eigenvalue weighted by molar-refractivity contribution is 0.724. The molecule has 0 bridgehead atoms. The van der Waals surface area contributed by atoms with E-state index in [-0.39, 0.29) is 0 Å². The predicted molar refractivity (Wildman–Crippen MR) is 62.9 cm³/mol. The molecule has 0 aliphatic rings. The molecule has 1 heterocycles. The third-order valence-electron chi connectivity index (χ3n) is 2.57. The van der Waals surface area contributed by atoms with Crippen molar-refractivity contribution in [1.29, 1.82) is 0 Å². The molecule has 0 aliphatic heterocycles. The van der Waals surface area contributed by atoms with Crippen LogP contribution in [0.4, 0.5) is 0 Å².